The molecular weight excluding hydrogens is 108 g/mol. The molecule has 0 unspecified atom stereocenters. The predicted molar refractivity (Wildman–Crippen MR) is 41.2 cm³/mol. The van der Waals surface area contributed by atoms with Crippen molar-refractivity contribution < 1.29 is 0 Å². The Balaban J connectivity index is 1.71. The molecule has 1 radical (unpaired) electrons. The zero-order chi connectivity index (χ0) is 6.53. The van der Waals surface area contributed by atoms with E-state index in [1.807, 2.05) is 0 Å². The summed E-state index contributed by atoms with van der Waals surface area (Å²) in [6.45, 7) is 2.25. The summed E-state index contributed by atoms with van der Waals surface area (Å²) in [7, 11) is 0. The number of hydrogen-bond donors (Lipinski definition) is 0. The smallest absolute Gasteiger partial charge is 0.0383 e. The Hall–Kier alpha value is 0. The molecule has 0 bridgehead atoms. The highest BCUT2D eigenvalue weighted by atomic mass is 14.2. The molecule has 0 aromatic carbocycles. The van der Waals surface area contributed by atoms with E-state index in [2.05, 4.69) is 13.3 Å². The maximum atomic E-state index is 2.47. The Morgan fingerprint density at radius 2 is 2.22 bits per heavy atom. The molecule has 0 aromatic heterocycles. The maximum Gasteiger partial charge on any atom is -0.0383 e. The van der Waals surface area contributed by atoms with Crippen LogP contribution in [0.2, 0.25) is 0 Å². The molecule has 0 N–H and O–H groups in total. The fraction of sp³-hybridized carbons (Fsp3) is 0.889. The summed E-state index contributed by atoms with van der Waals surface area (Å²) < 4.78 is 0. The van der Waals surface area contributed by atoms with Crippen molar-refractivity contribution in [1.29, 1.82) is 0 Å². The van der Waals surface area contributed by atoms with Crippen LogP contribution in [-0.4, -0.2) is 0 Å². The van der Waals surface area contributed by atoms with Gasteiger partial charge < -0.3 is 0 Å². The minimum atomic E-state index is 1.10. The van der Waals surface area contributed by atoms with E-state index in [1.54, 1.807) is 0 Å². The summed E-state index contributed by atoms with van der Waals surface area (Å²) in [5.74, 6) is 1.10. The third kappa shape index (κ3) is 3.56. The Labute approximate surface area is 58.7 Å². The summed E-state index contributed by atoms with van der Waals surface area (Å²) >= 11 is 0. The van der Waals surface area contributed by atoms with Gasteiger partial charge in [0.2, 0.25) is 0 Å². The normalized spacial score (nSPS) is 18.3. The SMILES string of the molecule is CCCC[CH]CC1CC1. The van der Waals surface area contributed by atoms with Crippen LogP contribution < -0.4 is 0 Å². The first-order valence-corrected chi connectivity index (χ1v) is 4.25. The van der Waals surface area contributed by atoms with Crippen LogP contribution in [0.15, 0.2) is 0 Å². The minimum Gasteiger partial charge on any atom is -0.0654 e. The van der Waals surface area contributed by atoms with Gasteiger partial charge in [-0.1, -0.05) is 39.0 Å². The van der Waals surface area contributed by atoms with Crippen LogP contribution in [0, 0.1) is 12.3 Å². The van der Waals surface area contributed by atoms with Gasteiger partial charge in [-0.15, -0.1) is 0 Å². The lowest BCUT2D eigenvalue weighted by Gasteiger charge is -1.94. The van der Waals surface area contributed by atoms with E-state index in [0.717, 1.165) is 5.92 Å². The summed E-state index contributed by atoms with van der Waals surface area (Å²) in [4.78, 5) is 0. The van der Waals surface area contributed by atoms with E-state index in [1.165, 1.54) is 38.5 Å². The van der Waals surface area contributed by atoms with Crippen molar-refractivity contribution in [3.8, 4) is 0 Å². The van der Waals surface area contributed by atoms with Crippen molar-refractivity contribution in [1.82, 2.24) is 0 Å². The second kappa shape index (κ2) is 3.92. The maximum absolute atomic E-state index is 2.47. The van der Waals surface area contributed by atoms with Gasteiger partial charge in [0.1, 0.15) is 0 Å². The molecule has 1 rings (SSSR count). The largest absolute Gasteiger partial charge is 0.0654 e. The number of rotatable bonds is 5. The predicted octanol–water partition coefficient (Wildman–Crippen LogP) is 3.18. The van der Waals surface area contributed by atoms with Crippen LogP contribution in [0.4, 0.5) is 0 Å². The fourth-order valence-electron chi connectivity index (χ4n) is 1.06. The van der Waals surface area contributed by atoms with Gasteiger partial charge in [-0.2, -0.15) is 0 Å². The van der Waals surface area contributed by atoms with E-state index < -0.39 is 0 Å². The average Bonchev–Trinajstić information content (AvgIpc) is 2.63. The molecule has 0 heterocycles. The molecule has 0 aromatic rings. The van der Waals surface area contributed by atoms with Gasteiger partial charge in [-0.3, -0.25) is 0 Å². The van der Waals surface area contributed by atoms with Crippen LogP contribution in [0.25, 0.3) is 0 Å². The quantitative estimate of drug-likeness (QED) is 0.495. The molecule has 0 amide bonds. The fourth-order valence-corrected chi connectivity index (χ4v) is 1.06. The number of unbranched alkanes of at least 4 members (excludes halogenated alkanes) is 3. The summed E-state index contributed by atoms with van der Waals surface area (Å²) in [5, 5.41) is 0. The molecule has 1 aliphatic carbocycles. The van der Waals surface area contributed by atoms with E-state index in [4.69, 9.17) is 0 Å². The van der Waals surface area contributed by atoms with Crippen LogP contribution in [-0.2, 0) is 0 Å². The Bertz CT molecular complexity index is 62.4. The van der Waals surface area contributed by atoms with Gasteiger partial charge in [0, 0.05) is 0 Å². The van der Waals surface area contributed by atoms with Crippen LogP contribution in [0.3, 0.4) is 0 Å². The highest BCUT2D eigenvalue weighted by Gasteiger charge is 2.19. The van der Waals surface area contributed by atoms with Crippen molar-refractivity contribution in [2.45, 2.75) is 45.4 Å². The van der Waals surface area contributed by atoms with Crippen molar-refractivity contribution in [3.05, 3.63) is 6.42 Å². The molecule has 1 aliphatic rings. The lowest BCUT2D eigenvalue weighted by atomic mass is 10.1. The van der Waals surface area contributed by atoms with E-state index in [0.29, 0.717) is 0 Å². The molecule has 0 saturated heterocycles. The van der Waals surface area contributed by atoms with Gasteiger partial charge in [-0.05, 0) is 18.8 Å². The van der Waals surface area contributed by atoms with Crippen LogP contribution in [0.5, 0.6) is 0 Å². The third-order valence-electron chi connectivity index (χ3n) is 1.96. The first kappa shape index (κ1) is 7.11. The Kier molecular flexibility index (Phi) is 3.10. The monoisotopic (exact) mass is 125 g/mol. The van der Waals surface area contributed by atoms with E-state index >= 15 is 0 Å². The highest BCUT2D eigenvalue weighted by molar-refractivity contribution is 4.79. The van der Waals surface area contributed by atoms with Crippen molar-refractivity contribution in [2.24, 2.45) is 5.92 Å². The molecular formula is C9H17. The summed E-state index contributed by atoms with van der Waals surface area (Å²) in [6, 6.07) is 0. The molecule has 0 nitrogen and oxygen atoms in total. The first-order valence-electron chi connectivity index (χ1n) is 4.25. The summed E-state index contributed by atoms with van der Waals surface area (Å²) in [5.41, 5.74) is 0. The van der Waals surface area contributed by atoms with Crippen LogP contribution >= 0.6 is 0 Å². The molecule has 0 atom stereocenters. The zero-order valence-electron chi connectivity index (χ0n) is 6.40. The van der Waals surface area contributed by atoms with Crippen LogP contribution in [0.1, 0.15) is 45.4 Å². The average molecular weight is 125 g/mol. The molecule has 0 spiro atoms. The van der Waals surface area contributed by atoms with Gasteiger partial charge in [0.05, 0.1) is 0 Å². The zero-order valence-corrected chi connectivity index (χ0v) is 6.40. The van der Waals surface area contributed by atoms with Crippen molar-refractivity contribution in [2.75, 3.05) is 0 Å². The van der Waals surface area contributed by atoms with Gasteiger partial charge in [0.15, 0.2) is 0 Å². The molecule has 53 valence electrons. The molecule has 0 aliphatic heterocycles. The van der Waals surface area contributed by atoms with Crippen molar-refractivity contribution >= 4 is 0 Å². The molecule has 0 heteroatoms. The minimum absolute atomic E-state index is 1.10. The number of hydrogen-bond acceptors (Lipinski definition) is 0. The molecule has 9 heavy (non-hydrogen) atoms. The first-order chi connectivity index (χ1) is 4.43. The lowest BCUT2D eigenvalue weighted by molar-refractivity contribution is 0.710. The van der Waals surface area contributed by atoms with E-state index in [-0.39, 0.29) is 0 Å². The third-order valence-corrected chi connectivity index (χ3v) is 1.96. The van der Waals surface area contributed by atoms with Crippen molar-refractivity contribution in [3.63, 3.8) is 0 Å². The topological polar surface area (TPSA) is 0 Å². The Morgan fingerprint density at radius 1 is 1.44 bits per heavy atom. The summed E-state index contributed by atoms with van der Waals surface area (Å²) in [6.07, 6.45) is 11.0. The van der Waals surface area contributed by atoms with E-state index in [9.17, 15) is 0 Å². The second-order valence-corrected chi connectivity index (χ2v) is 3.11. The Morgan fingerprint density at radius 3 is 2.78 bits per heavy atom. The lowest BCUT2D eigenvalue weighted by Crippen LogP contribution is -1.79. The molecule has 1 saturated carbocycles. The van der Waals surface area contributed by atoms with Gasteiger partial charge >= 0.3 is 0 Å². The molecule has 1 fully saturated rings. The van der Waals surface area contributed by atoms with Gasteiger partial charge in [-0.25, -0.2) is 0 Å². The highest BCUT2D eigenvalue weighted by Crippen LogP contribution is 2.33. The van der Waals surface area contributed by atoms with Gasteiger partial charge in [0.25, 0.3) is 0 Å². The standard InChI is InChI=1S/C9H17/c1-2-3-4-5-6-9-7-8-9/h5,9H,2-4,6-8H2,1H3. The second-order valence-electron chi connectivity index (χ2n) is 3.11.